The van der Waals surface area contributed by atoms with Crippen LogP contribution in [0.2, 0.25) is 0 Å². The van der Waals surface area contributed by atoms with Crippen LogP contribution in [0.25, 0.3) is 11.3 Å². The van der Waals surface area contributed by atoms with Crippen LogP contribution < -0.4 is 20.1 Å². The van der Waals surface area contributed by atoms with E-state index in [1.165, 1.54) is 31.6 Å². The Balaban J connectivity index is 1.34. The van der Waals surface area contributed by atoms with Gasteiger partial charge in [-0.2, -0.15) is 13.2 Å². The first kappa shape index (κ1) is 31.3. The first-order valence-corrected chi connectivity index (χ1v) is 15.5. The molecule has 0 unspecified atom stereocenters. The number of methoxy groups -OCH3 is 2. The summed E-state index contributed by atoms with van der Waals surface area (Å²) >= 11 is 2.14. The summed E-state index contributed by atoms with van der Waals surface area (Å²) in [5.41, 5.74) is 1.57. The summed E-state index contributed by atoms with van der Waals surface area (Å²) in [5.74, 6) is -0.291. The van der Waals surface area contributed by atoms with E-state index in [1.807, 2.05) is 30.3 Å². The zero-order valence-corrected chi connectivity index (χ0v) is 25.5. The number of thiophene rings is 1. The van der Waals surface area contributed by atoms with E-state index >= 15 is 0 Å². The van der Waals surface area contributed by atoms with Gasteiger partial charge in [-0.3, -0.25) is 9.59 Å². The second-order valence-corrected chi connectivity index (χ2v) is 12.0. The summed E-state index contributed by atoms with van der Waals surface area (Å²) in [6.07, 6.45) is -1.23. The summed E-state index contributed by atoms with van der Waals surface area (Å²) in [4.78, 5) is 35.4. The number of hydrogen-bond donors (Lipinski definition) is 2. The van der Waals surface area contributed by atoms with Crippen molar-refractivity contribution in [2.75, 3.05) is 25.3 Å². The number of fused-ring (bicyclic) bond motifs is 1. The van der Waals surface area contributed by atoms with Crippen LogP contribution in [0.4, 0.5) is 18.2 Å². The Morgan fingerprint density at radius 1 is 0.977 bits per heavy atom. The zero-order chi connectivity index (χ0) is 31.3. The van der Waals surface area contributed by atoms with E-state index in [9.17, 15) is 22.8 Å². The second kappa shape index (κ2) is 13.7. The smallest absolute Gasteiger partial charge is 0.433 e. The molecule has 1 aliphatic carbocycles. The lowest BCUT2D eigenvalue weighted by Gasteiger charge is -2.13. The molecule has 2 aromatic carbocycles. The minimum Gasteiger partial charge on any atom is -0.493 e. The monoisotopic (exact) mass is 642 g/mol. The van der Waals surface area contributed by atoms with Gasteiger partial charge in [-0.25, -0.2) is 9.97 Å². The third-order valence-electron chi connectivity index (χ3n) is 6.95. The third kappa shape index (κ3) is 7.33. The number of amides is 2. The van der Waals surface area contributed by atoms with Gasteiger partial charge in [0.05, 0.1) is 31.2 Å². The first-order valence-electron chi connectivity index (χ1n) is 13.7. The molecule has 0 saturated carbocycles. The highest BCUT2D eigenvalue weighted by atomic mass is 32.2. The molecule has 0 radical (unpaired) electrons. The summed E-state index contributed by atoms with van der Waals surface area (Å²) in [7, 11) is 2.88. The van der Waals surface area contributed by atoms with Gasteiger partial charge in [0.2, 0.25) is 5.91 Å². The van der Waals surface area contributed by atoms with E-state index in [1.54, 1.807) is 12.1 Å². The zero-order valence-electron chi connectivity index (χ0n) is 23.9. The number of aryl methyl sites for hydroxylation is 1. The van der Waals surface area contributed by atoms with Gasteiger partial charge < -0.3 is 20.1 Å². The summed E-state index contributed by atoms with van der Waals surface area (Å²) < 4.78 is 51.8. The Morgan fingerprint density at radius 3 is 2.45 bits per heavy atom. The van der Waals surface area contributed by atoms with E-state index in [2.05, 4.69) is 20.6 Å². The molecule has 1 aliphatic rings. The van der Waals surface area contributed by atoms with Crippen LogP contribution >= 0.6 is 23.1 Å². The lowest BCUT2D eigenvalue weighted by Crippen LogP contribution is -2.25. The van der Waals surface area contributed by atoms with Crippen molar-refractivity contribution in [1.29, 1.82) is 0 Å². The molecule has 0 bridgehead atoms. The molecular weight excluding hydrogens is 613 g/mol. The fourth-order valence-electron chi connectivity index (χ4n) is 4.83. The molecule has 0 fully saturated rings. The lowest BCUT2D eigenvalue weighted by atomic mass is 9.95. The predicted octanol–water partition coefficient (Wildman–Crippen LogP) is 6.78. The highest BCUT2D eigenvalue weighted by Gasteiger charge is 2.34. The number of nitrogens with one attached hydrogen (secondary N) is 2. The molecule has 0 atom stereocenters. The van der Waals surface area contributed by atoms with Crippen LogP contribution in [-0.4, -0.2) is 41.8 Å². The number of hydrogen-bond acceptors (Lipinski definition) is 8. The van der Waals surface area contributed by atoms with Gasteiger partial charge in [0.15, 0.2) is 16.7 Å². The number of anilines is 1. The van der Waals surface area contributed by atoms with Crippen LogP contribution in [0.3, 0.4) is 0 Å². The number of ether oxygens (including phenoxy) is 2. The molecular formula is C31H29F3N4O4S2. The molecule has 13 heteroatoms. The Labute approximate surface area is 260 Å². The van der Waals surface area contributed by atoms with Crippen molar-refractivity contribution >= 4 is 39.9 Å². The van der Waals surface area contributed by atoms with Crippen molar-refractivity contribution in [3.05, 3.63) is 81.9 Å². The quantitative estimate of drug-likeness (QED) is 0.145. The summed E-state index contributed by atoms with van der Waals surface area (Å²) in [5, 5.41) is 5.99. The van der Waals surface area contributed by atoms with Crippen LogP contribution in [-0.2, 0) is 30.4 Å². The van der Waals surface area contributed by atoms with Gasteiger partial charge in [-0.05, 0) is 61.1 Å². The van der Waals surface area contributed by atoms with E-state index < -0.39 is 17.8 Å². The Bertz CT molecular complexity index is 1660. The molecule has 2 amide bonds. The number of halogens is 3. The normalized spacial score (nSPS) is 12.8. The molecule has 230 valence electrons. The Hall–Kier alpha value is -4.10. The number of carbonyl (C=O) groups excluding carboxylic acids is 2. The molecule has 2 heterocycles. The molecule has 44 heavy (non-hydrogen) atoms. The van der Waals surface area contributed by atoms with Crippen molar-refractivity contribution in [3.63, 3.8) is 0 Å². The number of alkyl halides is 3. The Kier molecular flexibility index (Phi) is 9.74. The van der Waals surface area contributed by atoms with Crippen LogP contribution in [0, 0.1) is 0 Å². The van der Waals surface area contributed by atoms with Crippen molar-refractivity contribution < 1.29 is 32.2 Å². The van der Waals surface area contributed by atoms with E-state index in [4.69, 9.17) is 9.47 Å². The van der Waals surface area contributed by atoms with Crippen molar-refractivity contribution in [2.24, 2.45) is 0 Å². The molecule has 0 spiro atoms. The standard InChI is InChI=1S/C31H29F3N4O4S2/c1-41-22-13-12-19(14-23(22)42-2)21-15-25(31(32,33)34)37-30(36-21)43-17-26(39)38-29-27(20-10-6-7-11-24(20)44-29)28(40)35-16-18-8-4-3-5-9-18/h3-5,8-9,12-15H,6-7,10-11,16-17H2,1-2H3,(H,35,40)(H,38,39). The van der Waals surface area contributed by atoms with Crippen molar-refractivity contribution in [2.45, 2.75) is 43.6 Å². The predicted molar refractivity (Wildman–Crippen MR) is 164 cm³/mol. The number of nitrogens with zero attached hydrogens (tertiary/aromatic N) is 2. The average molecular weight is 643 g/mol. The van der Waals surface area contributed by atoms with E-state index in [-0.39, 0.29) is 22.5 Å². The number of aromatic nitrogens is 2. The average Bonchev–Trinajstić information content (AvgIpc) is 3.40. The largest absolute Gasteiger partial charge is 0.493 e. The van der Waals surface area contributed by atoms with Gasteiger partial charge in [0.25, 0.3) is 5.91 Å². The minimum atomic E-state index is -4.73. The maximum atomic E-state index is 13.8. The van der Waals surface area contributed by atoms with Crippen LogP contribution in [0.15, 0.2) is 59.8 Å². The molecule has 2 aromatic heterocycles. The van der Waals surface area contributed by atoms with Crippen LogP contribution in [0.5, 0.6) is 11.5 Å². The maximum Gasteiger partial charge on any atom is 0.433 e. The van der Waals surface area contributed by atoms with Gasteiger partial charge in [0.1, 0.15) is 10.7 Å². The summed E-state index contributed by atoms with van der Waals surface area (Å²) in [6, 6.07) is 15.0. The lowest BCUT2D eigenvalue weighted by molar-refractivity contribution is -0.141. The first-order chi connectivity index (χ1) is 21.2. The molecule has 0 saturated heterocycles. The van der Waals surface area contributed by atoms with Crippen molar-refractivity contribution in [3.8, 4) is 22.8 Å². The number of carbonyl (C=O) groups is 2. The summed E-state index contributed by atoms with van der Waals surface area (Å²) in [6.45, 7) is 0.336. The third-order valence-corrected chi connectivity index (χ3v) is 9.01. The van der Waals surface area contributed by atoms with Gasteiger partial charge in [0, 0.05) is 17.0 Å². The molecule has 0 aliphatic heterocycles. The van der Waals surface area contributed by atoms with Gasteiger partial charge in [-0.15, -0.1) is 11.3 Å². The molecule has 5 rings (SSSR count). The van der Waals surface area contributed by atoms with Crippen molar-refractivity contribution in [1.82, 2.24) is 15.3 Å². The Morgan fingerprint density at radius 2 is 1.73 bits per heavy atom. The topological polar surface area (TPSA) is 102 Å². The fourth-order valence-corrected chi connectivity index (χ4v) is 6.79. The van der Waals surface area contributed by atoms with E-state index in [0.717, 1.165) is 59.5 Å². The van der Waals surface area contributed by atoms with Gasteiger partial charge in [-0.1, -0.05) is 42.1 Å². The fraction of sp³-hybridized carbons (Fsp3) is 0.290. The second-order valence-electron chi connectivity index (χ2n) is 9.91. The highest BCUT2D eigenvalue weighted by Crippen LogP contribution is 2.39. The molecule has 2 N–H and O–H groups in total. The minimum absolute atomic E-state index is 0.0134. The number of benzene rings is 2. The number of rotatable bonds is 10. The highest BCUT2D eigenvalue weighted by molar-refractivity contribution is 7.99. The SMILES string of the molecule is COc1ccc(-c2cc(C(F)(F)F)nc(SCC(=O)Nc3sc4c(c3C(=O)NCc3ccccc3)CCCC4)n2)cc1OC. The van der Waals surface area contributed by atoms with E-state index in [0.29, 0.717) is 34.2 Å². The van der Waals surface area contributed by atoms with Gasteiger partial charge >= 0.3 is 6.18 Å². The molecule has 4 aromatic rings. The molecule has 8 nitrogen and oxygen atoms in total. The number of thioether (sulfide) groups is 1. The maximum absolute atomic E-state index is 13.8. The van der Waals surface area contributed by atoms with Crippen LogP contribution in [0.1, 0.15) is 44.9 Å².